The molecule has 0 spiro atoms. The predicted molar refractivity (Wildman–Crippen MR) is 94.3 cm³/mol. The fraction of sp³-hybridized carbons (Fsp3) is 0.389. The van der Waals surface area contributed by atoms with Crippen molar-refractivity contribution in [2.45, 2.75) is 31.1 Å². The van der Waals surface area contributed by atoms with E-state index in [1.54, 1.807) is 11.8 Å². The summed E-state index contributed by atoms with van der Waals surface area (Å²) in [5.74, 6) is 1.27. The number of thioether (sulfide) groups is 1. The van der Waals surface area contributed by atoms with Gasteiger partial charge in [0.15, 0.2) is 0 Å². The van der Waals surface area contributed by atoms with Crippen molar-refractivity contribution in [2.24, 2.45) is 7.05 Å². The number of nitrogens with zero attached hydrogens (tertiary/aromatic N) is 3. The highest BCUT2D eigenvalue weighted by molar-refractivity contribution is 7.99. The first kappa shape index (κ1) is 16.6. The van der Waals surface area contributed by atoms with Crippen molar-refractivity contribution in [3.8, 4) is 6.07 Å². The molecule has 1 atom stereocenters. The number of rotatable bonds is 5. The smallest absolute Gasteiger partial charge is 0.230 e. The summed E-state index contributed by atoms with van der Waals surface area (Å²) in [6.07, 6.45) is 4.97. The van der Waals surface area contributed by atoms with Crippen LogP contribution in [0.3, 0.4) is 0 Å². The van der Waals surface area contributed by atoms with Gasteiger partial charge in [0.1, 0.15) is 0 Å². The summed E-state index contributed by atoms with van der Waals surface area (Å²) in [6, 6.07) is 9.68. The van der Waals surface area contributed by atoms with Crippen LogP contribution in [0.1, 0.15) is 41.3 Å². The summed E-state index contributed by atoms with van der Waals surface area (Å²) in [4.78, 5) is 12.2. The molecule has 24 heavy (non-hydrogen) atoms. The Kier molecular flexibility index (Phi) is 5.21. The summed E-state index contributed by atoms with van der Waals surface area (Å²) in [5.41, 5.74) is 4.18. The Bertz CT molecular complexity index is 760. The Hall–Kier alpha value is -2.26. The molecule has 3 rings (SSSR count). The molecule has 0 fully saturated rings. The van der Waals surface area contributed by atoms with Crippen LogP contribution in [0.25, 0.3) is 0 Å². The highest BCUT2D eigenvalue weighted by Gasteiger charge is 2.24. The fourth-order valence-corrected chi connectivity index (χ4v) is 3.83. The van der Waals surface area contributed by atoms with E-state index in [2.05, 4.69) is 16.5 Å². The van der Waals surface area contributed by atoms with Crippen LogP contribution in [0.4, 0.5) is 0 Å². The molecular weight excluding hydrogens is 320 g/mol. The number of benzene rings is 1. The van der Waals surface area contributed by atoms with E-state index < -0.39 is 0 Å². The van der Waals surface area contributed by atoms with Crippen molar-refractivity contribution in [2.75, 3.05) is 5.75 Å². The van der Waals surface area contributed by atoms with E-state index >= 15 is 0 Å². The molecule has 0 saturated carbocycles. The van der Waals surface area contributed by atoms with E-state index in [4.69, 9.17) is 5.26 Å². The number of carbonyl (C=O) groups is 1. The molecule has 0 radical (unpaired) electrons. The first-order valence-corrected chi connectivity index (χ1v) is 9.20. The Morgan fingerprint density at radius 3 is 3.00 bits per heavy atom. The minimum Gasteiger partial charge on any atom is -0.348 e. The second kappa shape index (κ2) is 7.54. The molecule has 1 unspecified atom stereocenters. The lowest BCUT2D eigenvalue weighted by Gasteiger charge is -2.23. The van der Waals surface area contributed by atoms with Crippen molar-refractivity contribution in [3.63, 3.8) is 0 Å². The molecule has 0 bridgehead atoms. The molecule has 1 heterocycles. The van der Waals surface area contributed by atoms with Crippen LogP contribution in [-0.2, 0) is 24.0 Å². The summed E-state index contributed by atoms with van der Waals surface area (Å²) < 4.78 is 1.91. The normalized spacial score (nSPS) is 16.2. The third-order valence-electron chi connectivity index (χ3n) is 4.30. The van der Waals surface area contributed by atoms with Crippen molar-refractivity contribution in [1.29, 1.82) is 5.26 Å². The van der Waals surface area contributed by atoms with Gasteiger partial charge in [-0.25, -0.2) is 0 Å². The van der Waals surface area contributed by atoms with E-state index in [1.807, 2.05) is 42.2 Å². The highest BCUT2D eigenvalue weighted by atomic mass is 32.2. The molecule has 124 valence electrons. The third kappa shape index (κ3) is 3.80. The van der Waals surface area contributed by atoms with E-state index in [1.165, 1.54) is 5.69 Å². The summed E-state index contributed by atoms with van der Waals surface area (Å²) in [5, 5.41) is 16.2. The summed E-state index contributed by atoms with van der Waals surface area (Å²) in [7, 11) is 1.95. The van der Waals surface area contributed by atoms with Gasteiger partial charge in [0.05, 0.1) is 29.6 Å². The first-order valence-electron chi connectivity index (χ1n) is 8.04. The molecule has 1 aromatic heterocycles. The Morgan fingerprint density at radius 2 is 2.25 bits per heavy atom. The molecule has 1 aromatic carbocycles. The fourth-order valence-electron chi connectivity index (χ4n) is 3.03. The summed E-state index contributed by atoms with van der Waals surface area (Å²) in [6.45, 7) is 0. The Labute approximate surface area is 146 Å². The van der Waals surface area contributed by atoms with E-state index in [0.29, 0.717) is 11.3 Å². The molecule has 1 amide bonds. The van der Waals surface area contributed by atoms with Gasteiger partial charge in [-0.3, -0.25) is 9.48 Å². The zero-order valence-corrected chi connectivity index (χ0v) is 14.5. The van der Waals surface area contributed by atoms with Crippen LogP contribution in [0, 0.1) is 11.3 Å². The van der Waals surface area contributed by atoms with Gasteiger partial charge >= 0.3 is 0 Å². The van der Waals surface area contributed by atoms with Gasteiger partial charge in [-0.15, -0.1) is 11.8 Å². The third-order valence-corrected chi connectivity index (χ3v) is 5.30. The van der Waals surface area contributed by atoms with Crippen molar-refractivity contribution in [1.82, 2.24) is 15.1 Å². The van der Waals surface area contributed by atoms with Gasteiger partial charge in [-0.2, -0.15) is 10.4 Å². The lowest BCUT2D eigenvalue weighted by atomic mass is 9.93. The lowest BCUT2D eigenvalue weighted by Crippen LogP contribution is -2.32. The average molecular weight is 340 g/mol. The maximum atomic E-state index is 12.2. The highest BCUT2D eigenvalue weighted by Crippen LogP contribution is 2.29. The molecule has 2 aromatic rings. The number of carbonyl (C=O) groups excluding carboxylic acids is 1. The number of hydrogen-bond donors (Lipinski definition) is 1. The Morgan fingerprint density at radius 1 is 1.46 bits per heavy atom. The van der Waals surface area contributed by atoms with Gasteiger partial charge < -0.3 is 5.32 Å². The monoisotopic (exact) mass is 340 g/mol. The quantitative estimate of drug-likeness (QED) is 0.908. The standard InChI is InChI=1S/C18H20N4OS/c1-22-17-4-2-3-16(15(17)10-20-22)21-18(23)12-24-11-14-7-5-13(9-19)6-8-14/h5-8,10,16H,2-4,11-12H2,1H3,(H,21,23). The van der Waals surface area contributed by atoms with E-state index in [-0.39, 0.29) is 11.9 Å². The zero-order valence-electron chi connectivity index (χ0n) is 13.7. The van der Waals surface area contributed by atoms with E-state index in [0.717, 1.165) is 36.1 Å². The molecule has 1 N–H and O–H groups in total. The molecule has 1 aliphatic carbocycles. The molecule has 0 saturated heterocycles. The van der Waals surface area contributed by atoms with Gasteiger partial charge in [0, 0.05) is 24.1 Å². The van der Waals surface area contributed by atoms with Gasteiger partial charge in [-0.05, 0) is 37.0 Å². The van der Waals surface area contributed by atoms with Crippen LogP contribution in [0.15, 0.2) is 30.5 Å². The largest absolute Gasteiger partial charge is 0.348 e. The van der Waals surface area contributed by atoms with Gasteiger partial charge in [0.25, 0.3) is 0 Å². The van der Waals surface area contributed by atoms with Crippen molar-refractivity contribution < 1.29 is 4.79 Å². The van der Waals surface area contributed by atoms with Crippen LogP contribution < -0.4 is 5.32 Å². The molecule has 0 aliphatic heterocycles. The minimum atomic E-state index is 0.0651. The Balaban J connectivity index is 1.49. The number of nitrogens with one attached hydrogen (secondary N) is 1. The van der Waals surface area contributed by atoms with Gasteiger partial charge in [0.2, 0.25) is 5.91 Å². The topological polar surface area (TPSA) is 70.7 Å². The predicted octanol–water partition coefficient (Wildman–Crippen LogP) is 2.72. The number of aryl methyl sites for hydroxylation is 1. The van der Waals surface area contributed by atoms with Crippen molar-refractivity contribution >= 4 is 17.7 Å². The molecule has 6 heteroatoms. The van der Waals surface area contributed by atoms with Crippen LogP contribution in [0.2, 0.25) is 0 Å². The number of amides is 1. The van der Waals surface area contributed by atoms with Crippen LogP contribution in [-0.4, -0.2) is 21.4 Å². The zero-order chi connectivity index (χ0) is 16.9. The number of fused-ring (bicyclic) bond motifs is 1. The second-order valence-electron chi connectivity index (χ2n) is 5.98. The maximum absolute atomic E-state index is 12.2. The van der Waals surface area contributed by atoms with Crippen LogP contribution in [0.5, 0.6) is 0 Å². The van der Waals surface area contributed by atoms with Crippen LogP contribution >= 0.6 is 11.8 Å². The average Bonchev–Trinajstić information content (AvgIpc) is 2.98. The lowest BCUT2D eigenvalue weighted by molar-refractivity contribution is -0.119. The number of hydrogen-bond acceptors (Lipinski definition) is 4. The van der Waals surface area contributed by atoms with E-state index in [9.17, 15) is 4.79 Å². The molecule has 5 nitrogen and oxygen atoms in total. The van der Waals surface area contributed by atoms with Gasteiger partial charge in [-0.1, -0.05) is 12.1 Å². The SMILES string of the molecule is Cn1ncc2c1CCCC2NC(=O)CSCc1ccc(C#N)cc1. The van der Waals surface area contributed by atoms with Crippen molar-refractivity contribution in [3.05, 3.63) is 52.8 Å². The molecule has 1 aliphatic rings. The summed E-state index contributed by atoms with van der Waals surface area (Å²) >= 11 is 1.59. The number of aromatic nitrogens is 2. The maximum Gasteiger partial charge on any atom is 0.230 e. The first-order chi connectivity index (χ1) is 11.7. The number of nitriles is 1. The minimum absolute atomic E-state index is 0.0651. The second-order valence-corrected chi connectivity index (χ2v) is 6.97. The molecular formula is C18H20N4OS.